The van der Waals surface area contributed by atoms with Gasteiger partial charge < -0.3 is 20.0 Å². The molecule has 2 aliphatic heterocycles. The van der Waals surface area contributed by atoms with Crippen molar-refractivity contribution < 1.29 is 32.3 Å². The maximum absolute atomic E-state index is 15.1. The summed E-state index contributed by atoms with van der Waals surface area (Å²) in [5.74, 6) is -4.09. The smallest absolute Gasteiger partial charge is 0.323 e. The maximum atomic E-state index is 15.1. The number of piperazine rings is 1. The molecule has 212 valence electrons. The van der Waals surface area contributed by atoms with E-state index in [1.54, 1.807) is 36.4 Å². The molecule has 0 spiro atoms. The molecule has 8 nitrogen and oxygen atoms in total. The molecule has 2 heterocycles. The van der Waals surface area contributed by atoms with Gasteiger partial charge in [0, 0.05) is 36.3 Å². The van der Waals surface area contributed by atoms with Crippen LogP contribution in [0.3, 0.4) is 0 Å². The van der Waals surface area contributed by atoms with E-state index < -0.39 is 47.5 Å². The molecular weight excluding hydrogens is 537 g/mol. The number of ketones is 1. The zero-order valence-corrected chi connectivity index (χ0v) is 22.1. The van der Waals surface area contributed by atoms with Crippen LogP contribution in [-0.2, 0) is 16.0 Å². The monoisotopic (exact) mass is 564 g/mol. The third-order valence-corrected chi connectivity index (χ3v) is 7.38. The fourth-order valence-corrected chi connectivity index (χ4v) is 5.29. The summed E-state index contributed by atoms with van der Waals surface area (Å²) in [6, 6.07) is 13.5. The van der Waals surface area contributed by atoms with Crippen LogP contribution < -0.4 is 5.32 Å². The molecule has 0 aliphatic carbocycles. The lowest BCUT2D eigenvalue weighted by Crippen LogP contribution is -2.69. The summed E-state index contributed by atoms with van der Waals surface area (Å²) in [5, 5.41) is 2.75. The second-order valence-electron chi connectivity index (χ2n) is 10.00. The largest absolute Gasteiger partial charge is 0.336 e. The first-order valence-electron chi connectivity index (χ1n) is 13.1. The Hall–Kier alpha value is -4.67. The Morgan fingerprint density at radius 1 is 0.976 bits per heavy atom. The van der Waals surface area contributed by atoms with Crippen LogP contribution in [0.25, 0.3) is 0 Å². The van der Waals surface area contributed by atoms with Crippen molar-refractivity contribution in [2.45, 2.75) is 32.0 Å². The van der Waals surface area contributed by atoms with E-state index in [0.717, 1.165) is 11.0 Å². The predicted octanol–water partition coefficient (Wildman–Crippen LogP) is 4.53. The van der Waals surface area contributed by atoms with Crippen molar-refractivity contribution in [3.05, 3.63) is 101 Å². The van der Waals surface area contributed by atoms with Crippen LogP contribution in [0.5, 0.6) is 0 Å². The van der Waals surface area contributed by atoms with E-state index in [0.29, 0.717) is 16.8 Å². The number of fused-ring (bicyclic) bond motifs is 1. The van der Waals surface area contributed by atoms with Crippen molar-refractivity contribution in [2.75, 3.05) is 25.0 Å². The molecule has 2 atom stereocenters. The average molecular weight is 565 g/mol. The topological polar surface area (TPSA) is 90.0 Å². The summed E-state index contributed by atoms with van der Waals surface area (Å²) in [5.41, 5.74) is 1.19. The van der Waals surface area contributed by atoms with Gasteiger partial charge in [-0.1, -0.05) is 24.3 Å². The highest BCUT2D eigenvalue weighted by molar-refractivity contribution is 5.96. The van der Waals surface area contributed by atoms with E-state index in [1.165, 1.54) is 41.0 Å². The van der Waals surface area contributed by atoms with Crippen LogP contribution in [0.4, 0.5) is 23.7 Å². The molecule has 0 unspecified atom stereocenters. The minimum atomic E-state index is -1.50. The van der Waals surface area contributed by atoms with Gasteiger partial charge in [-0.2, -0.15) is 0 Å². The van der Waals surface area contributed by atoms with Gasteiger partial charge in [0.2, 0.25) is 11.8 Å². The molecule has 2 saturated heterocycles. The number of nitrogens with one attached hydrogen (secondary N) is 1. The number of carbonyl (C=O) groups excluding carboxylic acids is 4. The summed E-state index contributed by atoms with van der Waals surface area (Å²) < 4.78 is 43.1. The fourth-order valence-electron chi connectivity index (χ4n) is 5.29. The second-order valence-corrected chi connectivity index (χ2v) is 10.00. The summed E-state index contributed by atoms with van der Waals surface area (Å²) in [7, 11) is 0. The molecule has 0 bridgehead atoms. The highest BCUT2D eigenvalue weighted by Gasteiger charge is 2.50. The zero-order valence-electron chi connectivity index (χ0n) is 22.1. The number of Topliss-reactive ketones (excluding diaryl/α,β-unsaturated/α-hetero) is 1. The molecule has 4 amide bonds. The van der Waals surface area contributed by atoms with Crippen molar-refractivity contribution in [2.24, 2.45) is 0 Å². The lowest BCUT2D eigenvalue weighted by molar-refractivity contribution is -0.167. The van der Waals surface area contributed by atoms with Gasteiger partial charge in [-0.3, -0.25) is 14.4 Å². The Bertz CT molecular complexity index is 1510. The van der Waals surface area contributed by atoms with Crippen LogP contribution in [-0.4, -0.2) is 64.1 Å². The van der Waals surface area contributed by atoms with Crippen molar-refractivity contribution in [3.63, 3.8) is 0 Å². The number of carbonyl (C=O) groups is 4. The Morgan fingerprint density at radius 2 is 1.71 bits per heavy atom. The van der Waals surface area contributed by atoms with Crippen molar-refractivity contribution in [1.82, 2.24) is 14.7 Å². The second kappa shape index (κ2) is 11.4. The summed E-state index contributed by atoms with van der Waals surface area (Å²) in [6.07, 6.45) is -0.848. The van der Waals surface area contributed by atoms with Gasteiger partial charge in [0.15, 0.2) is 17.4 Å². The lowest BCUT2D eigenvalue weighted by atomic mass is 9.96. The Labute approximate surface area is 234 Å². The minimum absolute atomic E-state index is 0.0294. The Morgan fingerprint density at radius 3 is 2.41 bits per heavy atom. The number of nitrogens with zero attached hydrogens (tertiary/aromatic N) is 3. The first-order valence-corrected chi connectivity index (χ1v) is 13.1. The van der Waals surface area contributed by atoms with Crippen LogP contribution in [0.2, 0.25) is 0 Å². The van der Waals surface area contributed by atoms with E-state index in [-0.39, 0.29) is 43.8 Å². The molecule has 41 heavy (non-hydrogen) atoms. The van der Waals surface area contributed by atoms with Gasteiger partial charge in [0.25, 0.3) is 0 Å². The van der Waals surface area contributed by atoms with Crippen molar-refractivity contribution >= 4 is 29.3 Å². The van der Waals surface area contributed by atoms with Crippen molar-refractivity contribution in [3.8, 4) is 0 Å². The maximum Gasteiger partial charge on any atom is 0.323 e. The predicted molar refractivity (Wildman–Crippen MR) is 143 cm³/mol. The SMILES string of the molecule is CC(=O)c1ccc(NC(=O)N2CCC(=O)N3[C@@H](c4cccc(F)c4F)C(=O)N(CCc4cccc(F)c4)C[C@H]23)cc1. The van der Waals surface area contributed by atoms with Gasteiger partial charge in [0.1, 0.15) is 18.0 Å². The number of hydrogen-bond donors (Lipinski definition) is 1. The molecule has 3 aromatic rings. The molecule has 0 radical (unpaired) electrons. The number of halogens is 3. The van der Waals surface area contributed by atoms with E-state index in [9.17, 15) is 28.0 Å². The number of anilines is 1. The number of rotatable bonds is 6. The van der Waals surface area contributed by atoms with Crippen LogP contribution in [0.15, 0.2) is 66.7 Å². The third kappa shape index (κ3) is 5.65. The Balaban J connectivity index is 1.47. The first kappa shape index (κ1) is 27.9. The molecule has 0 aromatic heterocycles. The minimum Gasteiger partial charge on any atom is -0.336 e. The fraction of sp³-hybridized carbons (Fsp3) is 0.267. The summed E-state index contributed by atoms with van der Waals surface area (Å²) >= 11 is 0. The van der Waals surface area contributed by atoms with Crippen LogP contribution in [0.1, 0.15) is 40.9 Å². The van der Waals surface area contributed by atoms with E-state index in [4.69, 9.17) is 0 Å². The molecular formula is C30H27F3N4O4. The molecule has 5 rings (SSSR count). The van der Waals surface area contributed by atoms with Crippen molar-refractivity contribution in [1.29, 1.82) is 0 Å². The number of urea groups is 1. The van der Waals surface area contributed by atoms with Crippen LogP contribution in [0, 0.1) is 17.5 Å². The molecule has 3 aromatic carbocycles. The highest BCUT2D eigenvalue weighted by atomic mass is 19.2. The van der Waals surface area contributed by atoms with Gasteiger partial charge in [-0.15, -0.1) is 0 Å². The van der Waals surface area contributed by atoms with Gasteiger partial charge >= 0.3 is 6.03 Å². The summed E-state index contributed by atoms with van der Waals surface area (Å²) in [4.78, 5) is 55.9. The quantitative estimate of drug-likeness (QED) is 0.446. The normalized spacial score (nSPS) is 18.8. The van der Waals surface area contributed by atoms with Crippen LogP contribution >= 0.6 is 0 Å². The number of hydrogen-bond acceptors (Lipinski definition) is 4. The van der Waals surface area contributed by atoms with Gasteiger partial charge in [0.05, 0.1) is 6.54 Å². The molecule has 2 fully saturated rings. The molecule has 11 heteroatoms. The molecule has 0 saturated carbocycles. The lowest BCUT2D eigenvalue weighted by Gasteiger charge is -2.52. The average Bonchev–Trinajstić information content (AvgIpc) is 2.94. The zero-order chi connectivity index (χ0) is 29.3. The number of amides is 4. The summed E-state index contributed by atoms with van der Waals surface area (Å²) in [6.45, 7) is 1.47. The number of benzene rings is 3. The standard InChI is InChI=1S/C30H27F3N4O4/c1-18(38)20-8-10-22(11-9-20)34-30(41)36-15-13-26(39)37-25(36)17-35(14-12-19-4-2-5-21(31)16-19)29(40)28(37)23-6-3-7-24(32)27(23)33/h2-11,16,25,28H,12-15,17H2,1H3,(H,34,41)/t25-,28+/m1/s1. The van der Waals surface area contributed by atoms with E-state index >= 15 is 4.39 Å². The van der Waals surface area contributed by atoms with Gasteiger partial charge in [-0.25, -0.2) is 18.0 Å². The third-order valence-electron chi connectivity index (χ3n) is 7.38. The van der Waals surface area contributed by atoms with E-state index in [1.807, 2.05) is 0 Å². The Kier molecular flexibility index (Phi) is 7.78. The first-order chi connectivity index (χ1) is 19.6. The van der Waals surface area contributed by atoms with E-state index in [2.05, 4.69) is 5.32 Å². The molecule has 1 N–H and O–H groups in total. The molecule has 2 aliphatic rings. The van der Waals surface area contributed by atoms with Gasteiger partial charge in [-0.05, 0) is 61.4 Å². The highest BCUT2D eigenvalue weighted by Crippen LogP contribution is 2.36.